The van der Waals surface area contributed by atoms with Crippen LogP contribution in [-0.4, -0.2) is 30.2 Å². The van der Waals surface area contributed by atoms with Crippen LogP contribution in [0.4, 0.5) is 0 Å². The molecule has 0 amide bonds. The van der Waals surface area contributed by atoms with Gasteiger partial charge in [-0.15, -0.1) is 0 Å². The number of carboxylic acid groups (broad SMARTS) is 1. The van der Waals surface area contributed by atoms with Gasteiger partial charge in [-0.25, -0.2) is 0 Å². The van der Waals surface area contributed by atoms with E-state index < -0.39 is 12.0 Å². The lowest BCUT2D eigenvalue weighted by atomic mass is 9.87. The predicted octanol–water partition coefficient (Wildman–Crippen LogP) is 1.35. The van der Waals surface area contributed by atoms with Crippen LogP contribution in [0.25, 0.3) is 0 Å². The van der Waals surface area contributed by atoms with E-state index in [2.05, 4.69) is 5.32 Å². The molecule has 0 aromatic rings. The molecule has 1 unspecified atom stereocenters. The van der Waals surface area contributed by atoms with Crippen molar-refractivity contribution in [2.75, 3.05) is 13.1 Å². The molecule has 1 atom stereocenters. The molecule has 4 N–H and O–H groups in total. The molecule has 4 nitrogen and oxygen atoms in total. The first-order valence-corrected chi connectivity index (χ1v) is 6.39. The van der Waals surface area contributed by atoms with Crippen molar-refractivity contribution in [1.29, 1.82) is 0 Å². The maximum Gasteiger partial charge on any atom is 0.320 e. The lowest BCUT2D eigenvalue weighted by Gasteiger charge is -2.21. The van der Waals surface area contributed by atoms with E-state index in [-0.39, 0.29) is 0 Å². The highest BCUT2D eigenvalue weighted by Crippen LogP contribution is 2.25. The highest BCUT2D eigenvalue weighted by Gasteiger charge is 2.13. The SMILES string of the molecule is NC(CCNCCC1CCCCC1)C(=O)O. The second-order valence-corrected chi connectivity index (χ2v) is 4.78. The Bertz CT molecular complexity index is 203. The van der Waals surface area contributed by atoms with Gasteiger partial charge in [0.15, 0.2) is 0 Å². The molecule has 0 aromatic heterocycles. The fourth-order valence-corrected chi connectivity index (χ4v) is 2.29. The Morgan fingerprint density at radius 2 is 2.00 bits per heavy atom. The first-order valence-electron chi connectivity index (χ1n) is 6.39. The number of nitrogens with one attached hydrogen (secondary N) is 1. The molecule has 0 aliphatic heterocycles. The summed E-state index contributed by atoms with van der Waals surface area (Å²) in [7, 11) is 0. The van der Waals surface area contributed by atoms with E-state index in [0.717, 1.165) is 12.5 Å². The molecule has 0 radical (unpaired) electrons. The first-order chi connectivity index (χ1) is 7.70. The highest BCUT2D eigenvalue weighted by atomic mass is 16.4. The van der Waals surface area contributed by atoms with Gasteiger partial charge in [0.25, 0.3) is 0 Å². The van der Waals surface area contributed by atoms with Crippen LogP contribution in [-0.2, 0) is 4.79 Å². The summed E-state index contributed by atoms with van der Waals surface area (Å²) in [5.41, 5.74) is 5.40. The zero-order valence-corrected chi connectivity index (χ0v) is 9.95. The maximum atomic E-state index is 10.5. The molecule has 0 heterocycles. The Morgan fingerprint density at radius 1 is 1.31 bits per heavy atom. The second-order valence-electron chi connectivity index (χ2n) is 4.78. The summed E-state index contributed by atoms with van der Waals surface area (Å²) >= 11 is 0. The second kappa shape index (κ2) is 7.63. The summed E-state index contributed by atoms with van der Waals surface area (Å²) in [5, 5.41) is 11.9. The molecule has 1 saturated carbocycles. The summed E-state index contributed by atoms with van der Waals surface area (Å²) in [6.07, 6.45) is 8.65. The first kappa shape index (κ1) is 13.5. The van der Waals surface area contributed by atoms with Gasteiger partial charge in [0.1, 0.15) is 6.04 Å². The van der Waals surface area contributed by atoms with Gasteiger partial charge in [0.2, 0.25) is 0 Å². The molecule has 1 aliphatic carbocycles. The molecule has 1 rings (SSSR count). The lowest BCUT2D eigenvalue weighted by Crippen LogP contribution is -2.34. The minimum absolute atomic E-state index is 0.514. The summed E-state index contributed by atoms with van der Waals surface area (Å²) in [6.45, 7) is 1.71. The van der Waals surface area contributed by atoms with Gasteiger partial charge >= 0.3 is 5.97 Å². The Balaban J connectivity index is 1.93. The highest BCUT2D eigenvalue weighted by molar-refractivity contribution is 5.72. The standard InChI is InChI=1S/C12H24N2O2/c13-11(12(15)16)7-9-14-8-6-10-4-2-1-3-5-10/h10-11,14H,1-9,13H2,(H,15,16). The van der Waals surface area contributed by atoms with E-state index in [1.165, 1.54) is 38.5 Å². The summed E-state index contributed by atoms with van der Waals surface area (Å²) < 4.78 is 0. The molecule has 0 bridgehead atoms. The van der Waals surface area contributed by atoms with Gasteiger partial charge in [0, 0.05) is 0 Å². The van der Waals surface area contributed by atoms with Gasteiger partial charge in [-0.2, -0.15) is 0 Å². The maximum absolute atomic E-state index is 10.5. The Hall–Kier alpha value is -0.610. The molecule has 0 saturated heterocycles. The van der Waals surface area contributed by atoms with Gasteiger partial charge in [-0.3, -0.25) is 4.79 Å². The quantitative estimate of drug-likeness (QED) is 0.575. The third kappa shape index (κ3) is 5.47. The zero-order valence-electron chi connectivity index (χ0n) is 9.95. The van der Waals surface area contributed by atoms with Crippen molar-refractivity contribution in [1.82, 2.24) is 5.32 Å². The fraction of sp³-hybridized carbons (Fsp3) is 0.917. The lowest BCUT2D eigenvalue weighted by molar-refractivity contribution is -0.138. The third-order valence-corrected chi connectivity index (χ3v) is 3.40. The van der Waals surface area contributed by atoms with Crippen LogP contribution in [0.15, 0.2) is 0 Å². The number of hydrogen-bond acceptors (Lipinski definition) is 3. The average molecular weight is 228 g/mol. The molecular formula is C12H24N2O2. The summed E-state index contributed by atoms with van der Waals surface area (Å²) in [5.74, 6) is -0.0246. The van der Waals surface area contributed by atoms with Gasteiger partial charge in [-0.05, 0) is 31.8 Å². The van der Waals surface area contributed by atoms with Crippen molar-refractivity contribution >= 4 is 5.97 Å². The van der Waals surface area contributed by atoms with Crippen molar-refractivity contribution < 1.29 is 9.90 Å². The smallest absolute Gasteiger partial charge is 0.320 e. The van der Waals surface area contributed by atoms with Gasteiger partial charge < -0.3 is 16.2 Å². The number of aliphatic carboxylic acids is 1. The third-order valence-electron chi connectivity index (χ3n) is 3.40. The molecule has 1 fully saturated rings. The van der Waals surface area contributed by atoms with E-state index >= 15 is 0 Å². The average Bonchev–Trinajstić information content (AvgIpc) is 2.29. The number of hydrogen-bond donors (Lipinski definition) is 3. The Morgan fingerprint density at radius 3 is 2.62 bits per heavy atom. The molecule has 4 heteroatoms. The van der Waals surface area contributed by atoms with Crippen LogP contribution in [0, 0.1) is 5.92 Å². The van der Waals surface area contributed by atoms with Crippen LogP contribution in [0.1, 0.15) is 44.9 Å². The molecule has 1 aliphatic rings. The van der Waals surface area contributed by atoms with E-state index in [1.54, 1.807) is 0 Å². The fourth-order valence-electron chi connectivity index (χ4n) is 2.29. The van der Waals surface area contributed by atoms with Crippen molar-refractivity contribution in [2.24, 2.45) is 11.7 Å². The topological polar surface area (TPSA) is 75.3 Å². The number of nitrogens with two attached hydrogens (primary N) is 1. The van der Waals surface area contributed by atoms with Crippen molar-refractivity contribution in [3.63, 3.8) is 0 Å². The largest absolute Gasteiger partial charge is 0.480 e. The minimum Gasteiger partial charge on any atom is -0.480 e. The van der Waals surface area contributed by atoms with Crippen molar-refractivity contribution in [2.45, 2.75) is 51.0 Å². The molecule has 0 spiro atoms. The molecule has 0 aromatic carbocycles. The van der Waals surface area contributed by atoms with Crippen LogP contribution in [0.3, 0.4) is 0 Å². The van der Waals surface area contributed by atoms with E-state index in [9.17, 15) is 4.79 Å². The number of rotatable bonds is 7. The van der Waals surface area contributed by atoms with Gasteiger partial charge in [0.05, 0.1) is 0 Å². The van der Waals surface area contributed by atoms with Crippen LogP contribution in [0.2, 0.25) is 0 Å². The zero-order chi connectivity index (χ0) is 11.8. The Kier molecular flexibility index (Phi) is 6.42. The summed E-state index contributed by atoms with van der Waals surface area (Å²) in [6, 6.07) is -0.720. The van der Waals surface area contributed by atoms with Gasteiger partial charge in [-0.1, -0.05) is 32.1 Å². The van der Waals surface area contributed by atoms with Crippen LogP contribution >= 0.6 is 0 Å². The number of carboxylic acids is 1. The normalized spacial score (nSPS) is 19.6. The monoisotopic (exact) mass is 228 g/mol. The van der Waals surface area contributed by atoms with Crippen LogP contribution < -0.4 is 11.1 Å². The molecule has 94 valence electrons. The summed E-state index contributed by atoms with van der Waals surface area (Å²) in [4.78, 5) is 10.5. The van der Waals surface area contributed by atoms with E-state index in [1.807, 2.05) is 0 Å². The molecular weight excluding hydrogens is 204 g/mol. The van der Waals surface area contributed by atoms with Crippen LogP contribution in [0.5, 0.6) is 0 Å². The number of carbonyl (C=O) groups is 1. The van der Waals surface area contributed by atoms with Crippen molar-refractivity contribution in [3.05, 3.63) is 0 Å². The Labute approximate surface area is 97.6 Å². The van der Waals surface area contributed by atoms with E-state index in [0.29, 0.717) is 13.0 Å². The molecule has 16 heavy (non-hydrogen) atoms. The predicted molar refractivity (Wildman–Crippen MR) is 64.3 cm³/mol. The van der Waals surface area contributed by atoms with E-state index in [4.69, 9.17) is 10.8 Å². The minimum atomic E-state index is -0.908. The van der Waals surface area contributed by atoms with Crippen molar-refractivity contribution in [3.8, 4) is 0 Å².